The molecule has 1 atom stereocenters. The number of rotatable bonds is 5. The maximum atomic E-state index is 13.0. The largest absolute Gasteiger partial charge is 0.468 e. The minimum atomic E-state index is -3.85. The van der Waals surface area contributed by atoms with Gasteiger partial charge in [0.15, 0.2) is 0 Å². The van der Waals surface area contributed by atoms with Crippen LogP contribution in [0.15, 0.2) is 17.0 Å². The van der Waals surface area contributed by atoms with Crippen molar-refractivity contribution in [2.45, 2.75) is 37.6 Å². The number of sulfonamides is 1. The SMILES string of the molecule is COC(=O)CNC(=O)C1CCCN1S(=O)(=O)c1cc(C)c(Cl)cc1C. The fourth-order valence-corrected chi connectivity index (χ4v) is 4.97. The molecule has 2 rings (SSSR count). The monoisotopic (exact) mass is 388 g/mol. The predicted molar refractivity (Wildman–Crippen MR) is 92.9 cm³/mol. The zero-order chi connectivity index (χ0) is 18.8. The van der Waals surface area contributed by atoms with Gasteiger partial charge in [0.1, 0.15) is 12.6 Å². The number of esters is 1. The van der Waals surface area contributed by atoms with Gasteiger partial charge in [-0.25, -0.2) is 8.42 Å². The normalized spacial score (nSPS) is 18.2. The summed E-state index contributed by atoms with van der Waals surface area (Å²) in [4.78, 5) is 23.6. The van der Waals surface area contributed by atoms with Crippen LogP contribution in [0.3, 0.4) is 0 Å². The molecule has 0 aliphatic carbocycles. The molecule has 1 aromatic rings. The molecular weight excluding hydrogens is 368 g/mol. The first-order chi connectivity index (χ1) is 11.7. The fraction of sp³-hybridized carbons (Fsp3) is 0.500. The Balaban J connectivity index is 2.27. The standard InChI is InChI=1S/C16H21ClN2O5S/c1-10-8-14(11(2)7-12(10)17)25(22,23)19-6-4-5-13(19)16(21)18-9-15(20)24-3/h7-8,13H,4-6,9H2,1-3H3,(H,18,21). The molecule has 0 bridgehead atoms. The molecule has 1 aliphatic rings. The number of benzene rings is 1. The average Bonchev–Trinajstić information content (AvgIpc) is 3.06. The smallest absolute Gasteiger partial charge is 0.325 e. The Labute approximate surface area is 152 Å². The minimum absolute atomic E-state index is 0.141. The van der Waals surface area contributed by atoms with Crippen molar-refractivity contribution in [3.05, 3.63) is 28.3 Å². The molecule has 1 fully saturated rings. The molecule has 25 heavy (non-hydrogen) atoms. The number of halogens is 1. The van der Waals surface area contributed by atoms with Gasteiger partial charge in [0, 0.05) is 11.6 Å². The number of ether oxygens (including phenoxy) is 1. The van der Waals surface area contributed by atoms with Crippen LogP contribution in [0.1, 0.15) is 24.0 Å². The van der Waals surface area contributed by atoms with Crippen LogP contribution in [0.25, 0.3) is 0 Å². The minimum Gasteiger partial charge on any atom is -0.468 e. The lowest BCUT2D eigenvalue weighted by atomic mass is 10.2. The molecule has 0 aromatic heterocycles. The zero-order valence-corrected chi connectivity index (χ0v) is 15.9. The molecule has 1 aliphatic heterocycles. The van der Waals surface area contributed by atoms with Gasteiger partial charge in [-0.2, -0.15) is 4.31 Å². The van der Waals surface area contributed by atoms with Crippen molar-refractivity contribution in [3.8, 4) is 0 Å². The first-order valence-electron chi connectivity index (χ1n) is 7.81. The van der Waals surface area contributed by atoms with Gasteiger partial charge >= 0.3 is 5.97 Å². The molecule has 1 saturated heterocycles. The summed E-state index contributed by atoms with van der Waals surface area (Å²) in [6.07, 6.45) is 0.971. The third-order valence-corrected chi connectivity index (χ3v) is 6.64. The second kappa shape index (κ2) is 7.72. The van der Waals surface area contributed by atoms with E-state index in [0.29, 0.717) is 29.0 Å². The number of nitrogens with one attached hydrogen (secondary N) is 1. The Kier molecular flexibility index (Phi) is 6.08. The van der Waals surface area contributed by atoms with Crippen molar-refractivity contribution in [1.82, 2.24) is 9.62 Å². The van der Waals surface area contributed by atoms with Gasteiger partial charge in [0.05, 0.1) is 12.0 Å². The maximum absolute atomic E-state index is 13.0. The van der Waals surface area contributed by atoms with E-state index < -0.39 is 27.9 Å². The predicted octanol–water partition coefficient (Wildman–Crippen LogP) is 1.40. The lowest BCUT2D eigenvalue weighted by Crippen LogP contribution is -2.47. The van der Waals surface area contributed by atoms with Crippen LogP contribution in [0.5, 0.6) is 0 Å². The highest BCUT2D eigenvalue weighted by molar-refractivity contribution is 7.89. The van der Waals surface area contributed by atoms with E-state index in [4.69, 9.17) is 11.6 Å². The van der Waals surface area contributed by atoms with Gasteiger partial charge in [0.2, 0.25) is 15.9 Å². The Hall–Kier alpha value is -1.64. The molecule has 1 aromatic carbocycles. The average molecular weight is 389 g/mol. The summed E-state index contributed by atoms with van der Waals surface area (Å²) in [6, 6.07) is 2.28. The second-order valence-corrected chi connectivity index (χ2v) is 8.20. The van der Waals surface area contributed by atoms with Crippen molar-refractivity contribution < 1.29 is 22.7 Å². The number of hydrogen-bond donors (Lipinski definition) is 1. The van der Waals surface area contributed by atoms with Crippen LogP contribution in [0.4, 0.5) is 0 Å². The summed E-state index contributed by atoms with van der Waals surface area (Å²) in [5.41, 5.74) is 1.17. The van der Waals surface area contributed by atoms with Crippen LogP contribution in [-0.2, 0) is 24.3 Å². The topological polar surface area (TPSA) is 92.8 Å². The molecule has 138 valence electrons. The molecule has 0 spiro atoms. The highest BCUT2D eigenvalue weighted by Gasteiger charge is 2.40. The number of aryl methyl sites for hydroxylation is 2. The van der Waals surface area contributed by atoms with Crippen LogP contribution in [0.2, 0.25) is 5.02 Å². The Morgan fingerprint density at radius 3 is 2.64 bits per heavy atom. The van der Waals surface area contributed by atoms with Gasteiger partial charge in [-0.15, -0.1) is 0 Å². The fourth-order valence-electron chi connectivity index (χ4n) is 2.80. The third kappa shape index (κ3) is 4.13. The molecule has 9 heteroatoms. The zero-order valence-electron chi connectivity index (χ0n) is 14.3. The van der Waals surface area contributed by atoms with Crippen molar-refractivity contribution in [2.24, 2.45) is 0 Å². The van der Waals surface area contributed by atoms with Gasteiger partial charge in [-0.3, -0.25) is 9.59 Å². The van der Waals surface area contributed by atoms with Crippen molar-refractivity contribution >= 4 is 33.5 Å². The maximum Gasteiger partial charge on any atom is 0.325 e. The lowest BCUT2D eigenvalue weighted by molar-refractivity contribution is -0.141. The molecule has 1 unspecified atom stereocenters. The Morgan fingerprint density at radius 2 is 2.00 bits per heavy atom. The summed E-state index contributed by atoms with van der Waals surface area (Å²) in [5, 5.41) is 2.91. The summed E-state index contributed by atoms with van der Waals surface area (Å²) >= 11 is 6.04. The number of nitrogens with zero attached hydrogens (tertiary/aromatic N) is 1. The van der Waals surface area contributed by atoms with E-state index in [1.54, 1.807) is 19.9 Å². The number of carbonyl (C=O) groups excluding carboxylic acids is 2. The molecule has 0 radical (unpaired) electrons. The summed E-state index contributed by atoms with van der Waals surface area (Å²) in [5.74, 6) is -1.10. The quantitative estimate of drug-likeness (QED) is 0.769. The number of amides is 1. The van der Waals surface area contributed by atoms with E-state index in [1.165, 1.54) is 17.5 Å². The van der Waals surface area contributed by atoms with Gasteiger partial charge in [-0.05, 0) is 49.9 Å². The molecule has 1 amide bonds. The van der Waals surface area contributed by atoms with E-state index in [2.05, 4.69) is 10.1 Å². The van der Waals surface area contributed by atoms with Crippen molar-refractivity contribution in [2.75, 3.05) is 20.2 Å². The third-order valence-electron chi connectivity index (χ3n) is 4.18. The van der Waals surface area contributed by atoms with E-state index in [9.17, 15) is 18.0 Å². The molecule has 1 N–H and O–H groups in total. The second-order valence-electron chi connectivity index (χ2n) is 5.93. The van der Waals surface area contributed by atoms with E-state index >= 15 is 0 Å². The van der Waals surface area contributed by atoms with Crippen LogP contribution in [0, 0.1) is 13.8 Å². The summed E-state index contributed by atoms with van der Waals surface area (Å²) < 4.78 is 31.7. The highest BCUT2D eigenvalue weighted by atomic mass is 35.5. The molecule has 0 saturated carbocycles. The van der Waals surface area contributed by atoms with E-state index in [0.717, 1.165) is 0 Å². The van der Waals surface area contributed by atoms with Crippen LogP contribution < -0.4 is 5.32 Å². The summed E-state index contributed by atoms with van der Waals surface area (Å²) in [7, 11) is -2.63. The van der Waals surface area contributed by atoms with Crippen LogP contribution >= 0.6 is 11.6 Å². The molecule has 1 heterocycles. The number of carbonyl (C=O) groups is 2. The number of hydrogen-bond acceptors (Lipinski definition) is 5. The van der Waals surface area contributed by atoms with E-state index in [-0.39, 0.29) is 18.0 Å². The highest BCUT2D eigenvalue weighted by Crippen LogP contribution is 2.30. The lowest BCUT2D eigenvalue weighted by Gasteiger charge is -2.24. The summed E-state index contributed by atoms with van der Waals surface area (Å²) in [6.45, 7) is 3.35. The Bertz CT molecular complexity index is 794. The van der Waals surface area contributed by atoms with E-state index in [1.807, 2.05) is 0 Å². The van der Waals surface area contributed by atoms with Crippen molar-refractivity contribution in [3.63, 3.8) is 0 Å². The first kappa shape index (κ1) is 19.7. The van der Waals surface area contributed by atoms with Gasteiger partial charge < -0.3 is 10.1 Å². The Morgan fingerprint density at radius 1 is 1.32 bits per heavy atom. The van der Waals surface area contributed by atoms with Crippen molar-refractivity contribution in [1.29, 1.82) is 0 Å². The first-order valence-corrected chi connectivity index (χ1v) is 9.63. The number of methoxy groups -OCH3 is 1. The molecular formula is C16H21ClN2O5S. The van der Waals surface area contributed by atoms with Gasteiger partial charge in [-0.1, -0.05) is 11.6 Å². The van der Waals surface area contributed by atoms with Gasteiger partial charge in [0.25, 0.3) is 0 Å². The molecule has 7 nitrogen and oxygen atoms in total. The van der Waals surface area contributed by atoms with Crippen LogP contribution in [-0.4, -0.2) is 50.8 Å².